The summed E-state index contributed by atoms with van der Waals surface area (Å²) in [6, 6.07) is 16.7. The lowest BCUT2D eigenvalue weighted by atomic mass is 9.94. The standard InChI is InChI=1S/C31H33NO7/c1-19-22(6-5-7-25(19)21-9-11-27-28(16-21)37-13-12-36-27)18-38-24-10-8-20-15-26(29(33)34)32(17-23(20)14-24)30(35)39-31(2,3)4/h5-11,14,16,26H,12-13,15,17-18H2,1-4H3,(H,33,34). The third-order valence-electron chi connectivity index (χ3n) is 6.91. The van der Waals surface area contributed by atoms with Gasteiger partial charge in [-0.1, -0.05) is 30.3 Å². The number of carbonyl (C=O) groups is 2. The molecule has 8 nitrogen and oxygen atoms in total. The van der Waals surface area contributed by atoms with Crippen molar-refractivity contribution < 1.29 is 33.6 Å². The maximum absolute atomic E-state index is 12.8. The lowest BCUT2D eigenvalue weighted by molar-refractivity contribution is -0.143. The quantitative estimate of drug-likeness (QED) is 0.447. The number of carboxylic acid groups (broad SMARTS) is 1. The number of aliphatic carboxylic acids is 1. The molecule has 0 fully saturated rings. The lowest BCUT2D eigenvalue weighted by Gasteiger charge is -2.35. The molecular formula is C31H33NO7. The summed E-state index contributed by atoms with van der Waals surface area (Å²) in [4.78, 5) is 26.0. The minimum atomic E-state index is -1.06. The number of hydrogen-bond donors (Lipinski definition) is 1. The van der Waals surface area contributed by atoms with Gasteiger partial charge in [0.25, 0.3) is 0 Å². The molecule has 0 spiro atoms. The number of carboxylic acids is 1. The maximum Gasteiger partial charge on any atom is 0.411 e. The van der Waals surface area contributed by atoms with Gasteiger partial charge in [0, 0.05) is 6.42 Å². The molecule has 2 heterocycles. The van der Waals surface area contributed by atoms with Crippen molar-refractivity contribution in [1.29, 1.82) is 0 Å². The summed E-state index contributed by atoms with van der Waals surface area (Å²) in [6.45, 7) is 8.94. The molecule has 2 aliphatic rings. The summed E-state index contributed by atoms with van der Waals surface area (Å²) in [5.41, 5.74) is 5.28. The van der Waals surface area contributed by atoms with Gasteiger partial charge in [0.05, 0.1) is 6.54 Å². The van der Waals surface area contributed by atoms with Crippen LogP contribution in [-0.2, 0) is 29.1 Å². The Labute approximate surface area is 228 Å². The fourth-order valence-corrected chi connectivity index (χ4v) is 4.91. The zero-order valence-electron chi connectivity index (χ0n) is 22.7. The van der Waals surface area contributed by atoms with Crippen molar-refractivity contribution in [2.45, 2.75) is 58.9 Å². The van der Waals surface area contributed by atoms with Gasteiger partial charge >= 0.3 is 12.1 Å². The van der Waals surface area contributed by atoms with E-state index in [1.807, 2.05) is 48.5 Å². The molecule has 8 heteroatoms. The Morgan fingerprint density at radius 1 is 1.00 bits per heavy atom. The van der Waals surface area contributed by atoms with Crippen LogP contribution in [0.1, 0.15) is 43.0 Å². The molecule has 3 aromatic carbocycles. The van der Waals surface area contributed by atoms with Crippen LogP contribution in [0.15, 0.2) is 54.6 Å². The summed E-state index contributed by atoms with van der Waals surface area (Å²) in [6.07, 6.45) is -0.431. The Morgan fingerprint density at radius 3 is 2.51 bits per heavy atom. The van der Waals surface area contributed by atoms with Crippen LogP contribution in [-0.4, -0.2) is 46.9 Å². The fraction of sp³-hybridized carbons (Fsp3) is 0.355. The van der Waals surface area contributed by atoms with Crippen LogP contribution in [0, 0.1) is 6.92 Å². The number of nitrogens with zero attached hydrogens (tertiary/aromatic N) is 1. The van der Waals surface area contributed by atoms with Crippen LogP contribution < -0.4 is 14.2 Å². The summed E-state index contributed by atoms with van der Waals surface area (Å²) in [5, 5.41) is 9.75. The Hall–Kier alpha value is -4.20. The van der Waals surface area contributed by atoms with Gasteiger partial charge in [0.2, 0.25) is 0 Å². The van der Waals surface area contributed by atoms with Crippen LogP contribution in [0.4, 0.5) is 4.79 Å². The molecule has 0 bridgehead atoms. The Kier molecular flexibility index (Phi) is 7.12. The van der Waals surface area contributed by atoms with Crippen molar-refractivity contribution in [2.24, 2.45) is 0 Å². The van der Waals surface area contributed by atoms with Gasteiger partial charge in [-0.05, 0) is 85.3 Å². The Bertz CT molecular complexity index is 1410. The topological polar surface area (TPSA) is 94.5 Å². The fourth-order valence-electron chi connectivity index (χ4n) is 4.91. The third kappa shape index (κ3) is 5.79. The summed E-state index contributed by atoms with van der Waals surface area (Å²) in [7, 11) is 0. The Balaban J connectivity index is 1.33. The first-order valence-electron chi connectivity index (χ1n) is 13.0. The molecule has 5 rings (SSSR count). The largest absolute Gasteiger partial charge is 0.489 e. The van der Waals surface area contributed by atoms with E-state index >= 15 is 0 Å². The molecule has 1 N–H and O–H groups in total. The zero-order valence-corrected chi connectivity index (χ0v) is 22.7. The number of hydrogen-bond acceptors (Lipinski definition) is 6. The maximum atomic E-state index is 12.8. The monoisotopic (exact) mass is 531 g/mol. The number of amides is 1. The van der Waals surface area contributed by atoms with Crippen molar-refractivity contribution in [3.05, 3.63) is 76.9 Å². The second-order valence-electron chi connectivity index (χ2n) is 10.8. The smallest absolute Gasteiger partial charge is 0.411 e. The van der Waals surface area contributed by atoms with E-state index in [1.54, 1.807) is 20.8 Å². The van der Waals surface area contributed by atoms with E-state index in [0.29, 0.717) is 25.6 Å². The van der Waals surface area contributed by atoms with Gasteiger partial charge in [-0.3, -0.25) is 4.90 Å². The van der Waals surface area contributed by atoms with Crippen LogP contribution in [0.3, 0.4) is 0 Å². The first kappa shape index (κ1) is 26.4. The minimum Gasteiger partial charge on any atom is -0.489 e. The molecule has 1 unspecified atom stereocenters. The van der Waals surface area contributed by atoms with Gasteiger partial charge in [0.15, 0.2) is 11.5 Å². The average Bonchev–Trinajstić information content (AvgIpc) is 2.90. The molecule has 3 aromatic rings. The lowest BCUT2D eigenvalue weighted by Crippen LogP contribution is -2.50. The van der Waals surface area contributed by atoms with Gasteiger partial charge in [-0.2, -0.15) is 0 Å². The molecule has 39 heavy (non-hydrogen) atoms. The highest BCUT2D eigenvalue weighted by atomic mass is 16.6. The number of carbonyl (C=O) groups excluding carboxylic acids is 1. The molecule has 0 aromatic heterocycles. The van der Waals surface area contributed by atoms with E-state index in [-0.39, 0.29) is 13.0 Å². The van der Waals surface area contributed by atoms with Crippen molar-refractivity contribution in [3.8, 4) is 28.4 Å². The molecule has 0 radical (unpaired) electrons. The third-order valence-corrected chi connectivity index (χ3v) is 6.91. The summed E-state index contributed by atoms with van der Waals surface area (Å²) >= 11 is 0. The van der Waals surface area contributed by atoms with Crippen LogP contribution in [0.25, 0.3) is 11.1 Å². The SMILES string of the molecule is Cc1c(COc2ccc3c(c2)CN(C(=O)OC(C)(C)C)C(C(=O)O)C3)cccc1-c1ccc2c(c1)OCCO2. The molecule has 1 atom stereocenters. The van der Waals surface area contributed by atoms with Crippen molar-refractivity contribution in [3.63, 3.8) is 0 Å². The summed E-state index contributed by atoms with van der Waals surface area (Å²) in [5.74, 6) is 1.10. The van der Waals surface area contributed by atoms with Crippen LogP contribution in [0.2, 0.25) is 0 Å². The molecule has 0 saturated heterocycles. The normalized spacial score (nSPS) is 16.3. The summed E-state index contributed by atoms with van der Waals surface area (Å²) < 4.78 is 23.1. The zero-order chi connectivity index (χ0) is 27.7. The second kappa shape index (κ2) is 10.5. The van der Waals surface area contributed by atoms with Crippen molar-refractivity contribution >= 4 is 12.1 Å². The number of fused-ring (bicyclic) bond motifs is 2. The van der Waals surface area contributed by atoms with E-state index in [9.17, 15) is 14.7 Å². The van der Waals surface area contributed by atoms with E-state index in [1.165, 1.54) is 4.90 Å². The second-order valence-corrected chi connectivity index (χ2v) is 10.8. The van der Waals surface area contributed by atoms with Crippen LogP contribution in [0.5, 0.6) is 17.2 Å². The highest BCUT2D eigenvalue weighted by Gasteiger charge is 2.37. The van der Waals surface area contributed by atoms with Gasteiger partial charge in [0.1, 0.15) is 37.2 Å². The predicted octanol–water partition coefficient (Wildman–Crippen LogP) is 5.76. The average molecular weight is 532 g/mol. The van der Waals surface area contributed by atoms with Crippen LogP contribution >= 0.6 is 0 Å². The number of ether oxygens (including phenoxy) is 4. The number of rotatable bonds is 5. The van der Waals surface area contributed by atoms with Gasteiger partial charge in [-0.25, -0.2) is 9.59 Å². The highest BCUT2D eigenvalue weighted by molar-refractivity contribution is 5.81. The molecule has 0 aliphatic carbocycles. The van der Waals surface area contributed by atoms with E-state index in [4.69, 9.17) is 18.9 Å². The van der Waals surface area contributed by atoms with Crippen molar-refractivity contribution in [1.82, 2.24) is 4.90 Å². The molecule has 1 amide bonds. The Morgan fingerprint density at radius 2 is 1.77 bits per heavy atom. The van der Waals surface area contributed by atoms with Gasteiger partial charge < -0.3 is 24.1 Å². The predicted molar refractivity (Wildman–Crippen MR) is 145 cm³/mol. The van der Waals surface area contributed by atoms with E-state index in [2.05, 4.69) is 13.0 Å². The van der Waals surface area contributed by atoms with E-state index < -0.39 is 23.7 Å². The van der Waals surface area contributed by atoms with Crippen molar-refractivity contribution in [2.75, 3.05) is 13.2 Å². The minimum absolute atomic E-state index is 0.136. The first-order chi connectivity index (χ1) is 18.6. The molecule has 2 aliphatic heterocycles. The van der Waals surface area contributed by atoms with E-state index in [0.717, 1.165) is 44.9 Å². The molecule has 204 valence electrons. The molecular weight excluding hydrogens is 498 g/mol. The highest BCUT2D eigenvalue weighted by Crippen LogP contribution is 2.36. The first-order valence-corrected chi connectivity index (χ1v) is 13.0. The molecule has 0 saturated carbocycles. The van der Waals surface area contributed by atoms with Gasteiger partial charge in [-0.15, -0.1) is 0 Å². The number of benzene rings is 3.